The molecule has 2 aromatic rings. The monoisotopic (exact) mass is 454 g/mol. The molecule has 1 aliphatic heterocycles. The van der Waals surface area contributed by atoms with E-state index in [-0.39, 0.29) is 5.91 Å². The zero-order valence-electron chi connectivity index (χ0n) is 17.4. The third-order valence-electron chi connectivity index (χ3n) is 5.14. The number of carboxylic acids is 1. The van der Waals surface area contributed by atoms with Crippen molar-refractivity contribution >= 4 is 11.9 Å². The van der Waals surface area contributed by atoms with Gasteiger partial charge in [0.1, 0.15) is 0 Å². The predicted molar refractivity (Wildman–Crippen MR) is 106 cm³/mol. The van der Waals surface area contributed by atoms with E-state index in [1.807, 2.05) is 35.6 Å². The van der Waals surface area contributed by atoms with Crippen LogP contribution < -0.4 is 0 Å². The lowest BCUT2D eigenvalue weighted by molar-refractivity contribution is -0.192. The van der Waals surface area contributed by atoms with E-state index in [4.69, 9.17) is 14.6 Å². The van der Waals surface area contributed by atoms with E-state index in [9.17, 15) is 18.0 Å². The number of carbonyl (C=O) groups is 2. The van der Waals surface area contributed by atoms with E-state index in [0.29, 0.717) is 25.5 Å². The number of fused-ring (bicyclic) bond motifs is 1. The highest BCUT2D eigenvalue weighted by Crippen LogP contribution is 2.29. The number of amides is 1. The summed E-state index contributed by atoms with van der Waals surface area (Å²) >= 11 is 0. The average Bonchev–Trinajstić information content (AvgIpc) is 3.50. The summed E-state index contributed by atoms with van der Waals surface area (Å²) in [6.07, 6.45) is 3.29. The predicted octanol–water partition coefficient (Wildman–Crippen LogP) is 2.54. The van der Waals surface area contributed by atoms with Gasteiger partial charge < -0.3 is 19.3 Å². The lowest BCUT2D eigenvalue weighted by atomic mass is 10.1. The van der Waals surface area contributed by atoms with E-state index in [0.717, 1.165) is 37.0 Å². The molecule has 8 nitrogen and oxygen atoms in total. The Hall–Kier alpha value is -2.95. The van der Waals surface area contributed by atoms with Crippen molar-refractivity contribution in [3.8, 4) is 0 Å². The van der Waals surface area contributed by atoms with Crippen LogP contribution in [-0.4, -0.2) is 62.4 Å². The van der Waals surface area contributed by atoms with Crippen molar-refractivity contribution in [1.29, 1.82) is 0 Å². The van der Waals surface area contributed by atoms with Gasteiger partial charge in [0.05, 0.1) is 31.6 Å². The van der Waals surface area contributed by atoms with Crippen molar-refractivity contribution in [2.24, 2.45) is 11.8 Å². The molecule has 1 atom stereocenters. The van der Waals surface area contributed by atoms with Crippen LogP contribution in [0.15, 0.2) is 36.9 Å². The first kappa shape index (κ1) is 23.7. The molecule has 3 heterocycles. The van der Waals surface area contributed by atoms with Crippen LogP contribution in [0.2, 0.25) is 0 Å². The highest BCUT2D eigenvalue weighted by molar-refractivity contribution is 5.78. The molecule has 0 saturated heterocycles. The highest BCUT2D eigenvalue weighted by atomic mass is 19.4. The molecule has 2 aliphatic rings. The van der Waals surface area contributed by atoms with Gasteiger partial charge in [0.25, 0.3) is 0 Å². The van der Waals surface area contributed by atoms with E-state index < -0.39 is 12.1 Å². The molecule has 0 spiro atoms. The van der Waals surface area contributed by atoms with Crippen LogP contribution in [-0.2, 0) is 33.8 Å². The third-order valence-corrected chi connectivity index (χ3v) is 5.14. The van der Waals surface area contributed by atoms with Crippen molar-refractivity contribution in [3.05, 3.63) is 48.3 Å². The van der Waals surface area contributed by atoms with Crippen molar-refractivity contribution in [2.45, 2.75) is 38.5 Å². The molecule has 0 bridgehead atoms. The van der Waals surface area contributed by atoms with Gasteiger partial charge in [-0.05, 0) is 30.9 Å². The van der Waals surface area contributed by atoms with E-state index in [2.05, 4.69) is 14.5 Å². The van der Waals surface area contributed by atoms with Crippen LogP contribution in [0.25, 0.3) is 0 Å². The summed E-state index contributed by atoms with van der Waals surface area (Å²) < 4.78 is 39.8. The maximum absolute atomic E-state index is 12.8. The van der Waals surface area contributed by atoms with Gasteiger partial charge in [-0.2, -0.15) is 13.2 Å². The van der Waals surface area contributed by atoms with Crippen LogP contribution in [0.5, 0.6) is 0 Å². The molecule has 2 aromatic heterocycles. The van der Waals surface area contributed by atoms with Crippen molar-refractivity contribution in [1.82, 2.24) is 19.4 Å². The molecular formula is C21H25F3N4O4. The molecular weight excluding hydrogens is 429 g/mol. The van der Waals surface area contributed by atoms with Gasteiger partial charge in [0, 0.05) is 43.7 Å². The number of alkyl halides is 3. The Morgan fingerprint density at radius 3 is 2.50 bits per heavy atom. The first-order valence-electron chi connectivity index (χ1n) is 10.3. The van der Waals surface area contributed by atoms with Crippen LogP contribution in [0.1, 0.15) is 24.2 Å². The second kappa shape index (κ2) is 10.6. The van der Waals surface area contributed by atoms with Crippen molar-refractivity contribution in [3.63, 3.8) is 0 Å². The lowest BCUT2D eigenvalue weighted by Crippen LogP contribution is -2.36. The van der Waals surface area contributed by atoms with E-state index >= 15 is 0 Å². The summed E-state index contributed by atoms with van der Waals surface area (Å²) in [5.41, 5.74) is 1.89. The number of aliphatic carboxylic acids is 1. The molecule has 1 N–H and O–H groups in total. The molecule has 1 saturated carbocycles. The standard InChI is InChI=1S/C19H24N4O2.C2HF3O2/c24-19(7-17-3-1-2-6-21-17)22-9-16(13-25-12-15-4-5-15)10-23-14-20-8-18(23)11-22;3-2(4,5)1(6)7/h1-3,6,8,14-16H,4-5,7,9-13H2;(H,6,7). The molecule has 4 rings (SSSR count). The van der Waals surface area contributed by atoms with Gasteiger partial charge in [0.2, 0.25) is 5.91 Å². The van der Waals surface area contributed by atoms with Gasteiger partial charge in [-0.15, -0.1) is 0 Å². The number of carbonyl (C=O) groups excluding carboxylic acids is 1. The van der Waals surface area contributed by atoms with Crippen LogP contribution in [0.4, 0.5) is 13.2 Å². The van der Waals surface area contributed by atoms with Crippen LogP contribution in [0.3, 0.4) is 0 Å². The molecule has 174 valence electrons. The molecule has 0 radical (unpaired) electrons. The summed E-state index contributed by atoms with van der Waals surface area (Å²) in [5, 5.41) is 7.12. The minimum absolute atomic E-state index is 0.112. The number of ether oxygens (including phenoxy) is 1. The van der Waals surface area contributed by atoms with Crippen LogP contribution >= 0.6 is 0 Å². The minimum atomic E-state index is -5.08. The number of carboxylic acid groups (broad SMARTS) is 1. The Labute approximate surface area is 183 Å². The second-order valence-electron chi connectivity index (χ2n) is 7.96. The quantitative estimate of drug-likeness (QED) is 0.721. The summed E-state index contributed by atoms with van der Waals surface area (Å²) in [4.78, 5) is 32.2. The Morgan fingerprint density at radius 1 is 1.16 bits per heavy atom. The largest absolute Gasteiger partial charge is 0.490 e. The topological polar surface area (TPSA) is 97.5 Å². The Kier molecular flexibility index (Phi) is 7.84. The molecule has 1 fully saturated rings. The zero-order valence-corrected chi connectivity index (χ0v) is 17.4. The molecule has 1 unspecified atom stereocenters. The minimum Gasteiger partial charge on any atom is -0.475 e. The third kappa shape index (κ3) is 7.33. The highest BCUT2D eigenvalue weighted by Gasteiger charge is 2.38. The normalized spacial score (nSPS) is 18.2. The van der Waals surface area contributed by atoms with Gasteiger partial charge >= 0.3 is 12.1 Å². The number of aromatic nitrogens is 3. The number of imidazole rings is 1. The molecule has 1 amide bonds. The molecule has 1 aliphatic carbocycles. The fraction of sp³-hybridized carbons (Fsp3) is 0.524. The Morgan fingerprint density at radius 2 is 1.88 bits per heavy atom. The molecule has 32 heavy (non-hydrogen) atoms. The fourth-order valence-corrected chi connectivity index (χ4v) is 3.30. The average molecular weight is 454 g/mol. The summed E-state index contributed by atoms with van der Waals surface area (Å²) in [6, 6.07) is 5.68. The van der Waals surface area contributed by atoms with Crippen LogP contribution in [0, 0.1) is 11.8 Å². The van der Waals surface area contributed by atoms with E-state index in [1.54, 1.807) is 6.20 Å². The number of halogens is 3. The van der Waals surface area contributed by atoms with Gasteiger partial charge in [-0.3, -0.25) is 9.78 Å². The summed E-state index contributed by atoms with van der Waals surface area (Å²) in [5.74, 6) is -1.59. The summed E-state index contributed by atoms with van der Waals surface area (Å²) in [6.45, 7) is 3.73. The van der Waals surface area contributed by atoms with Crippen molar-refractivity contribution in [2.75, 3.05) is 19.8 Å². The first-order chi connectivity index (χ1) is 15.2. The summed E-state index contributed by atoms with van der Waals surface area (Å²) in [7, 11) is 0. The Bertz CT molecular complexity index is 900. The Balaban J connectivity index is 0.000000360. The first-order valence-corrected chi connectivity index (χ1v) is 10.3. The zero-order chi connectivity index (χ0) is 23.1. The molecule has 11 heteroatoms. The van der Waals surface area contributed by atoms with E-state index in [1.165, 1.54) is 12.8 Å². The second-order valence-corrected chi connectivity index (χ2v) is 7.96. The lowest BCUT2D eigenvalue weighted by Gasteiger charge is -2.24. The number of nitrogens with zero attached hydrogens (tertiary/aromatic N) is 4. The van der Waals surface area contributed by atoms with Gasteiger partial charge in [-0.1, -0.05) is 6.07 Å². The maximum Gasteiger partial charge on any atom is 0.490 e. The van der Waals surface area contributed by atoms with Gasteiger partial charge in [0.15, 0.2) is 0 Å². The fourth-order valence-electron chi connectivity index (χ4n) is 3.30. The van der Waals surface area contributed by atoms with Crippen molar-refractivity contribution < 1.29 is 32.6 Å². The SMILES string of the molecule is O=C(Cc1ccccn1)N1Cc2cncn2CC(COCC2CC2)C1.O=C(O)C(F)(F)F. The van der Waals surface area contributed by atoms with Gasteiger partial charge in [-0.25, -0.2) is 9.78 Å². The maximum atomic E-state index is 12.8. The number of pyridine rings is 1. The molecule has 0 aromatic carbocycles. The number of hydrogen-bond donors (Lipinski definition) is 1. The number of rotatable bonds is 6. The smallest absolute Gasteiger partial charge is 0.475 e. The number of hydrogen-bond acceptors (Lipinski definition) is 5.